The molecule has 29 heavy (non-hydrogen) atoms. The van der Waals surface area contributed by atoms with Gasteiger partial charge in [0.25, 0.3) is 5.56 Å². The first kappa shape index (κ1) is 21.1. The van der Waals surface area contributed by atoms with E-state index >= 15 is 0 Å². The van der Waals surface area contributed by atoms with E-state index in [1.54, 1.807) is 41.9 Å². The molecule has 6 nitrogen and oxygen atoms in total. The lowest BCUT2D eigenvalue weighted by atomic mass is 10.1. The van der Waals surface area contributed by atoms with Crippen LogP contribution in [0.25, 0.3) is 10.9 Å². The number of anilines is 1. The Labute approximate surface area is 179 Å². The van der Waals surface area contributed by atoms with Crippen molar-refractivity contribution in [2.45, 2.75) is 32.9 Å². The van der Waals surface area contributed by atoms with Crippen molar-refractivity contribution >= 4 is 45.8 Å². The molecule has 0 aliphatic heterocycles. The molecule has 1 N–H and O–H groups in total. The molecule has 0 aliphatic rings. The van der Waals surface area contributed by atoms with Crippen LogP contribution in [-0.2, 0) is 6.54 Å². The Bertz CT molecular complexity index is 1110. The van der Waals surface area contributed by atoms with Crippen LogP contribution in [0.2, 0.25) is 10.0 Å². The summed E-state index contributed by atoms with van der Waals surface area (Å²) in [7, 11) is 1.67. The number of hydrogen-bond donors (Lipinski definition) is 1. The molecule has 1 aromatic heterocycles. The highest BCUT2D eigenvalue weighted by molar-refractivity contribution is 6.43. The highest BCUT2D eigenvalue weighted by Gasteiger charge is 2.26. The normalized spacial score (nSPS) is 12.0. The van der Waals surface area contributed by atoms with Crippen molar-refractivity contribution in [3.05, 3.63) is 68.7 Å². The topological polar surface area (TPSA) is 67.2 Å². The number of halogens is 2. The molecule has 0 saturated heterocycles. The molecule has 1 unspecified atom stereocenters. The number of carbonyl (C=O) groups is 1. The Hall–Kier alpha value is -2.57. The molecule has 0 radical (unpaired) electrons. The summed E-state index contributed by atoms with van der Waals surface area (Å²) in [5, 5.41) is 3.97. The summed E-state index contributed by atoms with van der Waals surface area (Å²) in [6.07, 6.45) is 0.581. The second kappa shape index (κ2) is 8.84. The molecule has 0 fully saturated rings. The minimum absolute atomic E-state index is 0.113. The van der Waals surface area contributed by atoms with Crippen molar-refractivity contribution in [1.29, 1.82) is 0 Å². The summed E-state index contributed by atoms with van der Waals surface area (Å²) in [6.45, 7) is 4.29. The third-order valence-electron chi connectivity index (χ3n) is 4.87. The monoisotopic (exact) mass is 432 g/mol. The number of fused-ring (bicyclic) bond motifs is 1. The van der Waals surface area contributed by atoms with Gasteiger partial charge in [-0.25, -0.2) is 9.78 Å². The number of nitrogens with one attached hydrogen (secondary N) is 1. The van der Waals surface area contributed by atoms with Gasteiger partial charge in [0.15, 0.2) is 0 Å². The van der Waals surface area contributed by atoms with Gasteiger partial charge >= 0.3 is 6.03 Å². The highest BCUT2D eigenvalue weighted by Crippen LogP contribution is 2.30. The zero-order valence-corrected chi connectivity index (χ0v) is 18.0. The minimum atomic E-state index is -0.398. The van der Waals surface area contributed by atoms with Crippen molar-refractivity contribution in [3.63, 3.8) is 0 Å². The lowest BCUT2D eigenvalue weighted by molar-refractivity contribution is 0.198. The summed E-state index contributed by atoms with van der Waals surface area (Å²) in [6, 6.07) is 11.5. The number of aromatic nitrogens is 2. The second-order valence-electron chi connectivity index (χ2n) is 6.60. The second-order valence-corrected chi connectivity index (χ2v) is 7.39. The van der Waals surface area contributed by atoms with E-state index < -0.39 is 6.04 Å². The Morgan fingerprint density at radius 2 is 1.90 bits per heavy atom. The van der Waals surface area contributed by atoms with E-state index in [0.29, 0.717) is 40.4 Å². The molecule has 2 amide bonds. The Morgan fingerprint density at radius 1 is 1.17 bits per heavy atom. The molecule has 3 rings (SSSR count). The Balaban J connectivity index is 1.99. The van der Waals surface area contributed by atoms with Gasteiger partial charge in [0.2, 0.25) is 0 Å². The maximum atomic E-state index is 12.9. The van der Waals surface area contributed by atoms with Gasteiger partial charge in [-0.2, -0.15) is 0 Å². The van der Waals surface area contributed by atoms with Gasteiger partial charge in [-0.05, 0) is 37.6 Å². The van der Waals surface area contributed by atoms with E-state index in [1.807, 2.05) is 26.0 Å². The highest BCUT2D eigenvalue weighted by atomic mass is 35.5. The van der Waals surface area contributed by atoms with Gasteiger partial charge in [0.05, 0.1) is 32.7 Å². The average Bonchev–Trinajstić information content (AvgIpc) is 2.72. The number of nitrogens with zero attached hydrogens (tertiary/aromatic N) is 3. The van der Waals surface area contributed by atoms with Gasteiger partial charge in [-0.15, -0.1) is 0 Å². The first-order valence-corrected chi connectivity index (χ1v) is 10.1. The summed E-state index contributed by atoms with van der Waals surface area (Å²) in [5.41, 5.74) is 0.922. The van der Waals surface area contributed by atoms with Gasteiger partial charge < -0.3 is 10.2 Å². The van der Waals surface area contributed by atoms with Crippen molar-refractivity contribution in [2.75, 3.05) is 12.4 Å². The number of para-hydroxylation sites is 1. The molecule has 8 heteroatoms. The van der Waals surface area contributed by atoms with Crippen molar-refractivity contribution in [3.8, 4) is 0 Å². The first-order chi connectivity index (χ1) is 13.9. The molecule has 152 valence electrons. The molecule has 0 bridgehead atoms. The maximum Gasteiger partial charge on any atom is 0.322 e. The third kappa shape index (κ3) is 4.09. The van der Waals surface area contributed by atoms with Crippen LogP contribution < -0.4 is 10.9 Å². The molecule has 2 aromatic carbocycles. The Morgan fingerprint density at radius 3 is 2.59 bits per heavy atom. The SMILES string of the molecule is CCC(c1nc2ccccc2c(=O)n1CC)N(C)C(=O)Nc1cccc(Cl)c1Cl. The van der Waals surface area contributed by atoms with E-state index in [-0.39, 0.29) is 16.6 Å². The number of amides is 2. The van der Waals surface area contributed by atoms with E-state index in [1.165, 1.54) is 4.90 Å². The smallest absolute Gasteiger partial charge is 0.317 e. The van der Waals surface area contributed by atoms with Crippen LogP contribution in [-0.4, -0.2) is 27.5 Å². The van der Waals surface area contributed by atoms with Crippen LogP contribution in [0.4, 0.5) is 10.5 Å². The standard InChI is InChI=1S/C21H22Cl2N4O2/c1-4-17(26(3)21(29)25-16-12-8-10-14(22)18(16)23)19-24-15-11-7-6-9-13(15)20(28)27(19)5-2/h6-12,17H,4-5H2,1-3H3,(H,25,29). The molecule has 1 atom stereocenters. The average molecular weight is 433 g/mol. The van der Waals surface area contributed by atoms with E-state index in [0.717, 1.165) is 0 Å². The molecule has 0 saturated carbocycles. The predicted octanol–water partition coefficient (Wildman–Crippen LogP) is 5.34. The molecule has 0 aliphatic carbocycles. The van der Waals surface area contributed by atoms with Crippen LogP contribution in [0.15, 0.2) is 47.3 Å². The minimum Gasteiger partial charge on any atom is -0.317 e. The van der Waals surface area contributed by atoms with Crippen LogP contribution in [0, 0.1) is 0 Å². The van der Waals surface area contributed by atoms with E-state index in [9.17, 15) is 9.59 Å². The predicted molar refractivity (Wildman–Crippen MR) is 118 cm³/mol. The number of rotatable bonds is 5. The Kier molecular flexibility index (Phi) is 6.45. The zero-order valence-electron chi connectivity index (χ0n) is 16.4. The van der Waals surface area contributed by atoms with Crippen LogP contribution in [0.3, 0.4) is 0 Å². The lowest BCUT2D eigenvalue weighted by Gasteiger charge is -2.29. The van der Waals surface area contributed by atoms with Crippen molar-refractivity contribution in [2.24, 2.45) is 0 Å². The molecular weight excluding hydrogens is 411 g/mol. The van der Waals surface area contributed by atoms with Gasteiger partial charge in [0, 0.05) is 13.6 Å². The molecular formula is C21H22Cl2N4O2. The van der Waals surface area contributed by atoms with Crippen LogP contribution >= 0.6 is 23.2 Å². The van der Waals surface area contributed by atoms with Crippen molar-refractivity contribution in [1.82, 2.24) is 14.5 Å². The fourth-order valence-corrected chi connectivity index (χ4v) is 3.67. The summed E-state index contributed by atoms with van der Waals surface area (Å²) >= 11 is 12.2. The number of carbonyl (C=O) groups excluding carboxylic acids is 1. The third-order valence-corrected chi connectivity index (χ3v) is 5.69. The van der Waals surface area contributed by atoms with Gasteiger partial charge in [-0.3, -0.25) is 9.36 Å². The fraction of sp³-hybridized carbons (Fsp3) is 0.286. The number of hydrogen-bond acceptors (Lipinski definition) is 3. The maximum absolute atomic E-state index is 12.9. The largest absolute Gasteiger partial charge is 0.322 e. The van der Waals surface area contributed by atoms with Crippen LogP contribution in [0.1, 0.15) is 32.1 Å². The fourth-order valence-electron chi connectivity index (χ4n) is 3.32. The summed E-state index contributed by atoms with van der Waals surface area (Å²) in [5.74, 6) is 0.550. The number of urea groups is 1. The van der Waals surface area contributed by atoms with E-state index in [4.69, 9.17) is 28.2 Å². The first-order valence-electron chi connectivity index (χ1n) is 9.36. The summed E-state index contributed by atoms with van der Waals surface area (Å²) < 4.78 is 1.62. The zero-order chi connectivity index (χ0) is 21.1. The molecule has 3 aromatic rings. The quantitative estimate of drug-likeness (QED) is 0.591. The molecule has 0 spiro atoms. The van der Waals surface area contributed by atoms with Gasteiger partial charge in [-0.1, -0.05) is 48.3 Å². The summed E-state index contributed by atoms with van der Waals surface area (Å²) in [4.78, 5) is 32.1. The lowest BCUT2D eigenvalue weighted by Crippen LogP contribution is -2.38. The van der Waals surface area contributed by atoms with Crippen LogP contribution in [0.5, 0.6) is 0 Å². The van der Waals surface area contributed by atoms with Crippen molar-refractivity contribution < 1.29 is 4.79 Å². The van der Waals surface area contributed by atoms with Gasteiger partial charge in [0.1, 0.15) is 5.82 Å². The molecule has 1 heterocycles. The number of benzene rings is 2. The van der Waals surface area contributed by atoms with E-state index in [2.05, 4.69) is 5.32 Å².